The molecule has 328 valence electrons. The first-order valence-corrected chi connectivity index (χ1v) is 26.2. The van der Waals surface area contributed by atoms with Gasteiger partial charge in [0, 0.05) is 37.9 Å². The van der Waals surface area contributed by atoms with E-state index in [1.165, 1.54) is 86.4 Å². The molecule has 4 heteroatoms. The lowest BCUT2D eigenvalue weighted by Crippen LogP contribution is -2.74. The quantitative estimate of drug-likeness (QED) is 0.107. The van der Waals surface area contributed by atoms with E-state index in [1.54, 1.807) is 0 Å². The molecular formula is C66H45N3Si. The molecule has 3 heterocycles. The van der Waals surface area contributed by atoms with E-state index < -0.39 is 8.07 Å². The summed E-state index contributed by atoms with van der Waals surface area (Å²) in [5.74, 6) is 0. The Morgan fingerprint density at radius 1 is 0.243 bits per heavy atom. The summed E-state index contributed by atoms with van der Waals surface area (Å²) < 4.78 is 7.67. The smallest absolute Gasteiger partial charge is 0.179 e. The molecule has 0 saturated heterocycles. The summed E-state index contributed by atoms with van der Waals surface area (Å²) in [7, 11) is -3.09. The van der Waals surface area contributed by atoms with Crippen LogP contribution in [0.4, 0.5) is 0 Å². The van der Waals surface area contributed by atoms with Crippen molar-refractivity contribution < 1.29 is 0 Å². The first kappa shape index (κ1) is 40.1. The fraction of sp³-hybridized carbons (Fsp3) is 0. The van der Waals surface area contributed by atoms with Gasteiger partial charge in [-0.1, -0.05) is 224 Å². The molecule has 3 aromatic heterocycles. The second-order valence-electron chi connectivity index (χ2n) is 18.4. The van der Waals surface area contributed by atoms with E-state index in [2.05, 4.69) is 287 Å². The minimum Gasteiger partial charge on any atom is -0.309 e. The molecule has 0 spiro atoms. The molecule has 0 fully saturated rings. The predicted molar refractivity (Wildman–Crippen MR) is 299 cm³/mol. The number of benzene rings is 11. The lowest BCUT2D eigenvalue weighted by molar-refractivity contribution is 1.13. The highest BCUT2D eigenvalue weighted by molar-refractivity contribution is 7.20. The van der Waals surface area contributed by atoms with Gasteiger partial charge in [0.05, 0.1) is 50.2 Å². The average molecular weight is 908 g/mol. The Labute approximate surface area is 407 Å². The van der Waals surface area contributed by atoms with Gasteiger partial charge in [0.25, 0.3) is 0 Å². The maximum atomic E-state index is 2.59. The summed E-state index contributed by atoms with van der Waals surface area (Å²) in [5.41, 5.74) is 12.8. The van der Waals surface area contributed by atoms with E-state index >= 15 is 0 Å². The topological polar surface area (TPSA) is 14.8 Å². The van der Waals surface area contributed by atoms with Crippen LogP contribution < -0.4 is 20.7 Å². The van der Waals surface area contributed by atoms with Crippen LogP contribution in [0.1, 0.15) is 0 Å². The van der Waals surface area contributed by atoms with Gasteiger partial charge in [-0.05, 0) is 74.8 Å². The van der Waals surface area contributed by atoms with Crippen molar-refractivity contribution in [2.75, 3.05) is 0 Å². The number of hydrogen-bond donors (Lipinski definition) is 0. The van der Waals surface area contributed by atoms with Crippen molar-refractivity contribution in [1.82, 2.24) is 13.7 Å². The molecule has 0 atom stereocenters. The summed E-state index contributed by atoms with van der Waals surface area (Å²) in [4.78, 5) is 0. The van der Waals surface area contributed by atoms with Crippen molar-refractivity contribution in [2.45, 2.75) is 0 Å². The minimum atomic E-state index is -3.09. The van der Waals surface area contributed by atoms with E-state index in [9.17, 15) is 0 Å². The van der Waals surface area contributed by atoms with Crippen molar-refractivity contribution in [3.63, 3.8) is 0 Å². The molecule has 0 aliphatic carbocycles. The van der Waals surface area contributed by atoms with E-state index in [0.717, 1.165) is 27.9 Å². The second-order valence-corrected chi connectivity index (χ2v) is 22.2. The van der Waals surface area contributed by atoms with E-state index in [1.807, 2.05) is 0 Å². The van der Waals surface area contributed by atoms with Crippen molar-refractivity contribution in [2.24, 2.45) is 0 Å². The van der Waals surface area contributed by atoms with Crippen LogP contribution in [0.25, 0.3) is 93.6 Å². The van der Waals surface area contributed by atoms with Gasteiger partial charge in [-0.15, -0.1) is 0 Å². The van der Waals surface area contributed by atoms with Gasteiger partial charge < -0.3 is 13.7 Å². The Balaban J connectivity index is 1.21. The first-order valence-electron chi connectivity index (χ1n) is 24.2. The Hall–Kier alpha value is -8.96. The summed E-state index contributed by atoms with van der Waals surface area (Å²) in [6, 6.07) is 102. The third-order valence-electron chi connectivity index (χ3n) is 14.8. The molecule has 0 aliphatic rings. The normalized spacial score (nSPS) is 12.0. The first-order chi connectivity index (χ1) is 34.8. The van der Waals surface area contributed by atoms with Crippen LogP contribution in [-0.4, -0.2) is 21.8 Å². The molecule has 0 unspecified atom stereocenters. The summed E-state index contributed by atoms with van der Waals surface area (Å²) in [6.07, 6.45) is 0. The Morgan fingerprint density at radius 2 is 0.643 bits per heavy atom. The molecule has 0 saturated carbocycles. The molecule has 0 bridgehead atoms. The molecule has 0 N–H and O–H groups in total. The lowest BCUT2D eigenvalue weighted by Gasteiger charge is -2.35. The predicted octanol–water partition coefficient (Wildman–Crippen LogP) is 14.0. The van der Waals surface area contributed by atoms with Crippen LogP contribution in [0.3, 0.4) is 0 Å². The van der Waals surface area contributed by atoms with Gasteiger partial charge in [-0.2, -0.15) is 0 Å². The monoisotopic (exact) mass is 907 g/mol. The Bertz CT molecular complexity index is 4130. The zero-order chi connectivity index (χ0) is 46.2. The zero-order valence-electron chi connectivity index (χ0n) is 38.3. The Morgan fingerprint density at radius 3 is 1.21 bits per heavy atom. The van der Waals surface area contributed by atoms with Gasteiger partial charge in [0.2, 0.25) is 0 Å². The Kier molecular flexibility index (Phi) is 9.23. The summed E-state index contributed by atoms with van der Waals surface area (Å²) in [6.45, 7) is 0. The molecule has 70 heavy (non-hydrogen) atoms. The molecule has 11 aromatic carbocycles. The molecule has 0 amide bonds. The largest absolute Gasteiger partial charge is 0.309 e. The van der Waals surface area contributed by atoms with Crippen LogP contribution in [0.15, 0.2) is 273 Å². The molecular weight excluding hydrogens is 863 g/mol. The van der Waals surface area contributed by atoms with Crippen LogP contribution in [0, 0.1) is 0 Å². The maximum absolute atomic E-state index is 3.09. The van der Waals surface area contributed by atoms with Crippen molar-refractivity contribution >= 4 is 94.2 Å². The summed E-state index contributed by atoms with van der Waals surface area (Å²) in [5, 5.41) is 12.7. The second kappa shape index (κ2) is 16.1. The van der Waals surface area contributed by atoms with Crippen molar-refractivity contribution in [1.29, 1.82) is 0 Å². The number of nitrogens with zero attached hydrogens (tertiary/aromatic N) is 3. The van der Waals surface area contributed by atoms with Crippen molar-refractivity contribution in [3.8, 4) is 28.2 Å². The highest BCUT2D eigenvalue weighted by Crippen LogP contribution is 2.44. The van der Waals surface area contributed by atoms with Crippen LogP contribution in [0.2, 0.25) is 0 Å². The highest BCUT2D eigenvalue weighted by atomic mass is 28.3. The van der Waals surface area contributed by atoms with Gasteiger partial charge in [-0.25, -0.2) is 0 Å². The van der Waals surface area contributed by atoms with Crippen LogP contribution in [0.5, 0.6) is 0 Å². The SMILES string of the molecule is c1ccc(-c2ccccc2-n2c3ccccc3c3cccc(-n4c5ccccc5c5c(-n6c7ccccc7c7ccccc76)cc([Si](c6ccccc6)(c6ccccc6)c6ccccc6)cc54)c32)cc1. The van der Waals surface area contributed by atoms with Crippen molar-refractivity contribution in [3.05, 3.63) is 273 Å². The lowest BCUT2D eigenvalue weighted by atomic mass is 10.0. The van der Waals surface area contributed by atoms with E-state index in [0.29, 0.717) is 0 Å². The fourth-order valence-corrected chi connectivity index (χ4v) is 16.7. The number of aromatic nitrogens is 3. The molecule has 0 radical (unpaired) electrons. The van der Waals surface area contributed by atoms with Gasteiger partial charge in [-0.3, -0.25) is 0 Å². The van der Waals surface area contributed by atoms with Crippen LogP contribution >= 0.6 is 0 Å². The molecule has 14 rings (SSSR count). The number of para-hydroxylation sites is 6. The third kappa shape index (κ3) is 5.87. The van der Waals surface area contributed by atoms with Gasteiger partial charge in [0.1, 0.15) is 0 Å². The number of rotatable bonds is 8. The minimum absolute atomic E-state index is 1.12. The van der Waals surface area contributed by atoms with Crippen LogP contribution in [-0.2, 0) is 0 Å². The standard InChI is InChI=1S/C66H45N3Si/c1-5-24-46(25-6-1)51-32-13-18-38-57(51)69-60-41-21-16-35-54(60)55-37-23-43-62(66(55)69)68-61-42-22-17-36-56(61)65-63(67-58-39-19-14-33-52(58)53-34-15-20-40-59(53)67)44-50(45-64(65)68)70(47-26-7-2-8-27-47,48-28-9-3-10-29-48)49-30-11-4-12-31-49/h1-45H. The highest BCUT2D eigenvalue weighted by Gasteiger charge is 2.42. The fourth-order valence-electron chi connectivity index (χ4n) is 11.9. The molecule has 0 aliphatic heterocycles. The van der Waals surface area contributed by atoms with E-state index in [-0.39, 0.29) is 0 Å². The molecule has 3 nitrogen and oxygen atoms in total. The van der Waals surface area contributed by atoms with Gasteiger partial charge in [0.15, 0.2) is 8.07 Å². The third-order valence-corrected chi connectivity index (χ3v) is 19.5. The maximum Gasteiger partial charge on any atom is 0.179 e. The zero-order valence-corrected chi connectivity index (χ0v) is 39.3. The average Bonchev–Trinajstić information content (AvgIpc) is 4.08. The number of hydrogen-bond acceptors (Lipinski definition) is 0. The summed E-state index contributed by atoms with van der Waals surface area (Å²) >= 11 is 0. The van der Waals surface area contributed by atoms with Gasteiger partial charge >= 0.3 is 0 Å². The molecule has 14 aromatic rings. The van der Waals surface area contributed by atoms with E-state index in [4.69, 9.17) is 0 Å². The number of fused-ring (bicyclic) bond motifs is 9.